The molecule has 4 heteroatoms. The van der Waals surface area contributed by atoms with Gasteiger partial charge in [0.25, 0.3) is 0 Å². The SMILES string of the molecule is CC1(C)Cc2cc(-c3cc(Cl)cc(C(=O)O)c3)ccc2O1. The maximum Gasteiger partial charge on any atom is 0.335 e. The average Bonchev–Trinajstić information content (AvgIpc) is 2.70. The molecule has 108 valence electrons. The number of aromatic carboxylic acids is 1. The molecule has 0 bridgehead atoms. The first-order valence-corrected chi connectivity index (χ1v) is 7.08. The highest BCUT2D eigenvalue weighted by atomic mass is 35.5. The molecule has 0 fully saturated rings. The van der Waals surface area contributed by atoms with E-state index in [4.69, 9.17) is 21.4 Å². The Morgan fingerprint density at radius 3 is 2.67 bits per heavy atom. The van der Waals surface area contributed by atoms with Gasteiger partial charge in [-0.25, -0.2) is 4.79 Å². The lowest BCUT2D eigenvalue weighted by Gasteiger charge is -2.16. The van der Waals surface area contributed by atoms with Crippen molar-refractivity contribution in [3.05, 3.63) is 52.5 Å². The highest BCUT2D eigenvalue weighted by Crippen LogP contribution is 2.37. The Morgan fingerprint density at radius 1 is 1.19 bits per heavy atom. The molecule has 1 N–H and O–H groups in total. The number of benzene rings is 2. The molecule has 0 saturated heterocycles. The minimum atomic E-state index is -0.982. The van der Waals surface area contributed by atoms with E-state index in [1.165, 1.54) is 6.07 Å². The summed E-state index contributed by atoms with van der Waals surface area (Å²) >= 11 is 6.02. The van der Waals surface area contributed by atoms with Crippen molar-refractivity contribution in [3.63, 3.8) is 0 Å². The molecule has 2 aromatic carbocycles. The van der Waals surface area contributed by atoms with Crippen LogP contribution in [0.5, 0.6) is 5.75 Å². The summed E-state index contributed by atoms with van der Waals surface area (Å²) in [7, 11) is 0. The van der Waals surface area contributed by atoms with Gasteiger partial charge in [0.2, 0.25) is 0 Å². The van der Waals surface area contributed by atoms with Gasteiger partial charge in [0.15, 0.2) is 0 Å². The molecule has 0 amide bonds. The van der Waals surface area contributed by atoms with Crippen molar-refractivity contribution < 1.29 is 14.6 Å². The lowest BCUT2D eigenvalue weighted by Crippen LogP contribution is -2.24. The summed E-state index contributed by atoms with van der Waals surface area (Å²) in [5.74, 6) is -0.0892. The van der Waals surface area contributed by atoms with Gasteiger partial charge in [0.05, 0.1) is 5.56 Å². The Bertz CT molecular complexity index is 735. The molecule has 0 spiro atoms. The highest BCUT2D eigenvalue weighted by Gasteiger charge is 2.30. The normalized spacial score (nSPS) is 15.4. The third kappa shape index (κ3) is 2.74. The number of carbonyl (C=O) groups is 1. The van der Waals surface area contributed by atoms with Crippen LogP contribution in [0.4, 0.5) is 0 Å². The summed E-state index contributed by atoms with van der Waals surface area (Å²) in [4.78, 5) is 11.1. The van der Waals surface area contributed by atoms with E-state index in [0.29, 0.717) is 5.02 Å². The van der Waals surface area contributed by atoms with Gasteiger partial charge in [-0.1, -0.05) is 17.7 Å². The highest BCUT2D eigenvalue weighted by molar-refractivity contribution is 6.31. The fourth-order valence-corrected chi connectivity index (χ4v) is 2.90. The van der Waals surface area contributed by atoms with Crippen molar-refractivity contribution in [1.82, 2.24) is 0 Å². The van der Waals surface area contributed by atoms with E-state index in [1.807, 2.05) is 18.2 Å². The third-order valence-corrected chi connectivity index (χ3v) is 3.76. The van der Waals surface area contributed by atoms with Crippen LogP contribution in [0, 0.1) is 0 Å². The van der Waals surface area contributed by atoms with Gasteiger partial charge in [-0.3, -0.25) is 0 Å². The van der Waals surface area contributed by atoms with Gasteiger partial charge in [-0.15, -0.1) is 0 Å². The lowest BCUT2D eigenvalue weighted by atomic mass is 9.97. The van der Waals surface area contributed by atoms with Gasteiger partial charge in [-0.05, 0) is 60.9 Å². The van der Waals surface area contributed by atoms with Crippen molar-refractivity contribution in [3.8, 4) is 16.9 Å². The van der Waals surface area contributed by atoms with Crippen LogP contribution in [0.1, 0.15) is 29.8 Å². The fourth-order valence-electron chi connectivity index (χ4n) is 2.67. The molecule has 21 heavy (non-hydrogen) atoms. The van der Waals surface area contributed by atoms with Gasteiger partial charge in [0.1, 0.15) is 11.4 Å². The van der Waals surface area contributed by atoms with Crippen LogP contribution < -0.4 is 4.74 Å². The van der Waals surface area contributed by atoms with E-state index in [1.54, 1.807) is 12.1 Å². The topological polar surface area (TPSA) is 46.5 Å². The van der Waals surface area contributed by atoms with Crippen LogP contribution in [0.3, 0.4) is 0 Å². The maximum atomic E-state index is 11.1. The smallest absolute Gasteiger partial charge is 0.335 e. The van der Waals surface area contributed by atoms with Crippen molar-refractivity contribution in [1.29, 1.82) is 0 Å². The second-order valence-electron chi connectivity index (χ2n) is 5.89. The standard InChI is InChI=1S/C17H15ClO3/c1-17(2)9-13-5-10(3-4-15(13)21-17)11-6-12(16(19)20)8-14(18)7-11/h3-8H,9H2,1-2H3,(H,19,20). The molecule has 0 saturated carbocycles. The quantitative estimate of drug-likeness (QED) is 0.893. The number of hydrogen-bond acceptors (Lipinski definition) is 2. The summed E-state index contributed by atoms with van der Waals surface area (Å²) in [6.45, 7) is 4.10. The van der Waals surface area contributed by atoms with Crippen molar-refractivity contribution in [2.75, 3.05) is 0 Å². The van der Waals surface area contributed by atoms with Crippen molar-refractivity contribution in [2.24, 2.45) is 0 Å². The van der Waals surface area contributed by atoms with Crippen molar-refractivity contribution in [2.45, 2.75) is 25.9 Å². The van der Waals surface area contributed by atoms with Crippen LogP contribution >= 0.6 is 11.6 Å². The molecule has 1 aliphatic rings. The molecule has 1 heterocycles. The molecule has 0 aliphatic carbocycles. The zero-order chi connectivity index (χ0) is 15.2. The second kappa shape index (κ2) is 4.78. The molecule has 2 aromatic rings. The Hall–Kier alpha value is -2.00. The number of hydrogen-bond donors (Lipinski definition) is 1. The average molecular weight is 303 g/mol. The molecular formula is C17H15ClO3. The largest absolute Gasteiger partial charge is 0.487 e. The van der Waals surface area contributed by atoms with Crippen LogP contribution in [-0.4, -0.2) is 16.7 Å². The van der Waals surface area contributed by atoms with Crippen molar-refractivity contribution >= 4 is 17.6 Å². The van der Waals surface area contributed by atoms with E-state index < -0.39 is 5.97 Å². The predicted octanol–water partition coefficient (Wildman–Crippen LogP) is 4.42. The Kier molecular flexibility index (Phi) is 3.18. The third-order valence-electron chi connectivity index (χ3n) is 3.54. The Balaban J connectivity index is 2.05. The summed E-state index contributed by atoms with van der Waals surface area (Å²) in [5, 5.41) is 9.54. The summed E-state index contributed by atoms with van der Waals surface area (Å²) in [6, 6.07) is 10.8. The second-order valence-corrected chi connectivity index (χ2v) is 6.33. The molecule has 0 unspecified atom stereocenters. The first-order chi connectivity index (χ1) is 9.84. The summed E-state index contributed by atoms with van der Waals surface area (Å²) in [5.41, 5.74) is 2.87. The maximum absolute atomic E-state index is 11.1. The lowest BCUT2D eigenvalue weighted by molar-refractivity contribution is 0.0697. The van der Waals surface area contributed by atoms with Gasteiger partial charge in [0, 0.05) is 11.4 Å². The van der Waals surface area contributed by atoms with Gasteiger partial charge >= 0.3 is 5.97 Å². The van der Waals surface area contributed by atoms with Gasteiger partial charge < -0.3 is 9.84 Å². The Labute approximate surface area is 128 Å². The van der Waals surface area contributed by atoms with E-state index >= 15 is 0 Å². The molecule has 3 nitrogen and oxygen atoms in total. The van der Waals surface area contributed by atoms with Crippen LogP contribution in [0.25, 0.3) is 11.1 Å². The van der Waals surface area contributed by atoms with Crippen LogP contribution in [-0.2, 0) is 6.42 Å². The van der Waals surface area contributed by atoms with E-state index in [-0.39, 0.29) is 11.2 Å². The molecule has 0 radical (unpaired) electrons. The first-order valence-electron chi connectivity index (χ1n) is 6.70. The number of halogens is 1. The van der Waals surface area contributed by atoms with E-state index in [2.05, 4.69) is 13.8 Å². The molecular weight excluding hydrogens is 288 g/mol. The zero-order valence-electron chi connectivity index (χ0n) is 11.8. The van der Waals surface area contributed by atoms with Gasteiger partial charge in [-0.2, -0.15) is 0 Å². The van der Waals surface area contributed by atoms with Crippen LogP contribution in [0.2, 0.25) is 5.02 Å². The minimum Gasteiger partial charge on any atom is -0.487 e. The zero-order valence-corrected chi connectivity index (χ0v) is 12.6. The number of rotatable bonds is 2. The predicted molar refractivity (Wildman–Crippen MR) is 82.3 cm³/mol. The van der Waals surface area contributed by atoms with E-state index in [0.717, 1.165) is 28.9 Å². The fraction of sp³-hybridized carbons (Fsp3) is 0.235. The van der Waals surface area contributed by atoms with E-state index in [9.17, 15) is 4.79 Å². The van der Waals surface area contributed by atoms with Crippen LogP contribution in [0.15, 0.2) is 36.4 Å². The summed E-state index contributed by atoms with van der Waals surface area (Å²) < 4.78 is 5.85. The minimum absolute atomic E-state index is 0.189. The molecule has 0 atom stereocenters. The number of fused-ring (bicyclic) bond motifs is 1. The monoisotopic (exact) mass is 302 g/mol. The molecule has 0 aromatic heterocycles. The number of carboxylic acid groups (broad SMARTS) is 1. The summed E-state index contributed by atoms with van der Waals surface area (Å²) in [6.07, 6.45) is 0.836. The molecule has 3 rings (SSSR count). The first kappa shape index (κ1) is 14.0. The molecule has 1 aliphatic heterocycles. The number of carboxylic acids is 1. The Morgan fingerprint density at radius 2 is 1.95 bits per heavy atom. The number of ether oxygens (including phenoxy) is 1.